The average molecular weight is 292 g/mol. The molecule has 21 heavy (non-hydrogen) atoms. The van der Waals surface area contributed by atoms with Crippen LogP contribution < -0.4 is 5.32 Å². The molecular weight excluding hydrogens is 272 g/mol. The van der Waals surface area contributed by atoms with Gasteiger partial charge in [0.15, 0.2) is 0 Å². The third kappa shape index (κ3) is 2.59. The van der Waals surface area contributed by atoms with E-state index >= 15 is 0 Å². The summed E-state index contributed by atoms with van der Waals surface area (Å²) >= 11 is 0. The number of aromatic nitrogens is 2. The Kier molecular flexibility index (Phi) is 3.15. The maximum Gasteiger partial charge on any atom is 0.326 e. The molecule has 1 unspecified atom stereocenters. The van der Waals surface area contributed by atoms with Crippen LogP contribution in [0.1, 0.15) is 38.1 Å². The van der Waals surface area contributed by atoms with Crippen molar-refractivity contribution < 1.29 is 14.7 Å². The summed E-state index contributed by atoms with van der Waals surface area (Å²) in [7, 11) is 0. The number of rotatable bonds is 3. The lowest BCUT2D eigenvalue weighted by atomic mass is 9.98. The first kappa shape index (κ1) is 13.9. The molecule has 3 rings (SSSR count). The second kappa shape index (κ2) is 4.75. The second-order valence-corrected chi connectivity index (χ2v) is 6.44. The molecule has 1 aliphatic carbocycles. The van der Waals surface area contributed by atoms with Gasteiger partial charge in [-0.15, -0.1) is 0 Å². The Balaban J connectivity index is 1.78. The van der Waals surface area contributed by atoms with Crippen LogP contribution in [-0.2, 0) is 17.8 Å². The molecular formula is C14H20N4O3. The maximum atomic E-state index is 12.5. The van der Waals surface area contributed by atoms with E-state index in [0.29, 0.717) is 5.92 Å². The average Bonchev–Trinajstić information content (AvgIpc) is 3.16. The van der Waals surface area contributed by atoms with Crippen LogP contribution in [0.4, 0.5) is 4.79 Å². The smallest absolute Gasteiger partial charge is 0.326 e. The number of carboxylic acids is 1. The van der Waals surface area contributed by atoms with Crippen LogP contribution in [0.2, 0.25) is 0 Å². The molecule has 1 saturated carbocycles. The number of carbonyl (C=O) groups excluding carboxylic acids is 1. The van der Waals surface area contributed by atoms with Gasteiger partial charge >= 0.3 is 12.0 Å². The highest BCUT2D eigenvalue weighted by Crippen LogP contribution is 2.39. The highest BCUT2D eigenvalue weighted by molar-refractivity contribution is 5.83. The third-order valence-corrected chi connectivity index (χ3v) is 4.47. The lowest BCUT2D eigenvalue weighted by Crippen LogP contribution is -2.57. The number of urea groups is 1. The van der Waals surface area contributed by atoms with Gasteiger partial charge in [-0.3, -0.25) is 0 Å². The number of aromatic amines is 1. The molecule has 2 aliphatic rings. The number of hydrogen-bond donors (Lipinski definition) is 3. The summed E-state index contributed by atoms with van der Waals surface area (Å²) in [6.45, 7) is 4.23. The molecule has 0 spiro atoms. The molecule has 3 N–H and O–H groups in total. The van der Waals surface area contributed by atoms with Gasteiger partial charge in [-0.1, -0.05) is 0 Å². The first-order valence-electron chi connectivity index (χ1n) is 7.21. The van der Waals surface area contributed by atoms with E-state index in [1.54, 1.807) is 6.33 Å². The molecule has 1 aliphatic heterocycles. The number of aliphatic carboxylic acids is 1. The van der Waals surface area contributed by atoms with Crippen LogP contribution in [0.5, 0.6) is 0 Å². The van der Waals surface area contributed by atoms with Gasteiger partial charge in [0.05, 0.1) is 24.3 Å². The van der Waals surface area contributed by atoms with Crippen molar-refractivity contribution in [3.63, 3.8) is 0 Å². The minimum absolute atomic E-state index is 0.242. The normalized spacial score (nSPS) is 21.8. The number of imidazole rings is 1. The van der Waals surface area contributed by atoms with Gasteiger partial charge in [0, 0.05) is 12.0 Å². The lowest BCUT2D eigenvalue weighted by Gasteiger charge is -2.36. The van der Waals surface area contributed by atoms with Crippen molar-refractivity contribution in [1.29, 1.82) is 0 Å². The van der Waals surface area contributed by atoms with Gasteiger partial charge in [0.25, 0.3) is 0 Å². The van der Waals surface area contributed by atoms with Gasteiger partial charge in [0.2, 0.25) is 0 Å². The summed E-state index contributed by atoms with van der Waals surface area (Å²) in [5.74, 6) is -0.514. The highest BCUT2D eigenvalue weighted by atomic mass is 16.4. The zero-order valence-corrected chi connectivity index (χ0v) is 12.2. The summed E-state index contributed by atoms with van der Waals surface area (Å²) < 4.78 is 0. The number of fused-ring (bicyclic) bond motifs is 1. The maximum absolute atomic E-state index is 12.5. The Labute approximate surface area is 122 Å². The number of carbonyl (C=O) groups is 2. The molecule has 0 saturated heterocycles. The Hall–Kier alpha value is -2.05. The van der Waals surface area contributed by atoms with E-state index in [2.05, 4.69) is 15.3 Å². The number of hydrogen-bond acceptors (Lipinski definition) is 3. The summed E-state index contributed by atoms with van der Waals surface area (Å²) in [4.78, 5) is 32.4. The van der Waals surface area contributed by atoms with Gasteiger partial charge in [-0.05, 0) is 32.6 Å². The van der Waals surface area contributed by atoms with Crippen molar-refractivity contribution in [2.24, 2.45) is 5.92 Å². The SMILES string of the molecule is CC(C)(NC(=O)N1Cc2[nH]cnc2CC1C(=O)O)C1CC1. The van der Waals surface area contributed by atoms with E-state index in [1.807, 2.05) is 13.8 Å². The summed E-state index contributed by atoms with van der Waals surface area (Å²) in [6, 6.07) is -1.18. The second-order valence-electron chi connectivity index (χ2n) is 6.44. The summed E-state index contributed by atoms with van der Waals surface area (Å²) in [5, 5.41) is 12.4. The molecule has 0 radical (unpaired) electrons. The van der Waals surface area contributed by atoms with Crippen LogP contribution >= 0.6 is 0 Å². The lowest BCUT2D eigenvalue weighted by molar-refractivity contribution is -0.142. The molecule has 0 bridgehead atoms. The Morgan fingerprint density at radius 1 is 1.48 bits per heavy atom. The predicted molar refractivity (Wildman–Crippen MR) is 74.6 cm³/mol. The van der Waals surface area contributed by atoms with E-state index in [0.717, 1.165) is 24.2 Å². The fourth-order valence-corrected chi connectivity index (χ4v) is 2.92. The Morgan fingerprint density at radius 3 is 2.81 bits per heavy atom. The molecule has 1 atom stereocenters. The fourth-order valence-electron chi connectivity index (χ4n) is 2.92. The molecule has 1 fully saturated rings. The van der Waals surface area contributed by atoms with E-state index in [1.165, 1.54) is 4.90 Å². The largest absolute Gasteiger partial charge is 0.480 e. The first-order chi connectivity index (χ1) is 9.88. The fraction of sp³-hybridized carbons (Fsp3) is 0.643. The van der Waals surface area contributed by atoms with Crippen LogP contribution in [0.15, 0.2) is 6.33 Å². The topological polar surface area (TPSA) is 98.3 Å². The van der Waals surface area contributed by atoms with Gasteiger partial charge in [-0.25, -0.2) is 14.6 Å². The molecule has 7 nitrogen and oxygen atoms in total. The molecule has 114 valence electrons. The first-order valence-corrected chi connectivity index (χ1v) is 7.21. The molecule has 2 heterocycles. The van der Waals surface area contributed by atoms with Gasteiger partial charge in [0.1, 0.15) is 6.04 Å². The van der Waals surface area contributed by atoms with Gasteiger partial charge < -0.3 is 20.3 Å². The number of nitrogens with zero attached hydrogens (tertiary/aromatic N) is 2. The molecule has 7 heteroatoms. The van der Waals surface area contributed by atoms with E-state index < -0.39 is 12.0 Å². The number of H-pyrrole nitrogens is 1. The van der Waals surface area contributed by atoms with Crippen molar-refractivity contribution in [2.45, 2.75) is 51.2 Å². The van der Waals surface area contributed by atoms with Crippen LogP contribution in [-0.4, -0.2) is 43.6 Å². The number of nitrogens with one attached hydrogen (secondary N) is 2. The van der Waals surface area contributed by atoms with Crippen molar-refractivity contribution in [3.8, 4) is 0 Å². The zero-order valence-electron chi connectivity index (χ0n) is 12.2. The van der Waals surface area contributed by atoms with Crippen LogP contribution in [0.25, 0.3) is 0 Å². The van der Waals surface area contributed by atoms with E-state index in [9.17, 15) is 14.7 Å². The van der Waals surface area contributed by atoms with Crippen LogP contribution in [0.3, 0.4) is 0 Å². The molecule has 0 aromatic carbocycles. The standard InChI is InChI=1S/C14H20N4O3/c1-14(2,8-3-4-8)17-13(21)18-6-10-9(15-7-16-10)5-11(18)12(19)20/h7-8,11H,3-6H2,1-2H3,(H,15,16)(H,17,21)(H,19,20). The molecule has 1 aromatic heterocycles. The minimum Gasteiger partial charge on any atom is -0.480 e. The minimum atomic E-state index is -0.997. The van der Waals surface area contributed by atoms with Crippen LogP contribution in [0, 0.1) is 5.92 Å². The summed E-state index contributed by atoms with van der Waals surface area (Å²) in [6.07, 6.45) is 4.01. The third-order valence-electron chi connectivity index (χ3n) is 4.47. The predicted octanol–water partition coefficient (Wildman–Crippen LogP) is 1.12. The summed E-state index contributed by atoms with van der Waals surface area (Å²) in [5.41, 5.74) is 1.24. The van der Waals surface area contributed by atoms with Crippen molar-refractivity contribution >= 4 is 12.0 Å². The van der Waals surface area contributed by atoms with E-state index in [-0.39, 0.29) is 24.5 Å². The monoisotopic (exact) mass is 292 g/mol. The zero-order chi connectivity index (χ0) is 15.2. The Bertz CT molecular complexity index is 577. The van der Waals surface area contributed by atoms with E-state index in [4.69, 9.17) is 0 Å². The molecule has 1 aromatic rings. The number of carboxylic acid groups (broad SMARTS) is 1. The molecule has 2 amide bonds. The number of amides is 2. The van der Waals surface area contributed by atoms with Crippen molar-refractivity contribution in [3.05, 3.63) is 17.7 Å². The van der Waals surface area contributed by atoms with Crippen molar-refractivity contribution in [1.82, 2.24) is 20.2 Å². The highest BCUT2D eigenvalue weighted by Gasteiger charge is 2.42. The Morgan fingerprint density at radius 2 is 2.19 bits per heavy atom. The quantitative estimate of drug-likeness (QED) is 0.777. The van der Waals surface area contributed by atoms with Gasteiger partial charge in [-0.2, -0.15) is 0 Å². The van der Waals surface area contributed by atoms with Crippen molar-refractivity contribution in [2.75, 3.05) is 0 Å².